The van der Waals surface area contributed by atoms with Gasteiger partial charge in [-0.15, -0.1) is 0 Å². The van der Waals surface area contributed by atoms with Gasteiger partial charge in [0.25, 0.3) is 5.91 Å². The maximum atomic E-state index is 13.4. The highest BCUT2D eigenvalue weighted by Gasteiger charge is 2.18. The van der Waals surface area contributed by atoms with Crippen molar-refractivity contribution in [2.75, 3.05) is 70.0 Å². The summed E-state index contributed by atoms with van der Waals surface area (Å²) in [7, 11) is 3.12. The molecule has 4 rings (SSSR count). The Morgan fingerprint density at radius 3 is 2.38 bits per heavy atom. The largest absolute Gasteiger partial charge is 0.493 e. The Morgan fingerprint density at radius 1 is 0.950 bits per heavy atom. The standard InChI is InChI=1S/C30H37N5O5/c1-38-27-13-12-24(20-28(27)39-2)32-30(37)35(15-5-14-34-16-18-40-19-17-34)21-22-8-10-23(11-9-22)29(36)33-26-7-4-3-6-25(26)31/h3-4,6-13,20H,5,14-19,21,31H2,1-2H3,(H,32,37)(H,33,36). The van der Waals surface area contributed by atoms with E-state index in [0.29, 0.717) is 47.2 Å². The molecule has 10 nitrogen and oxygen atoms in total. The predicted octanol–water partition coefficient (Wildman–Crippen LogP) is 4.29. The minimum Gasteiger partial charge on any atom is -0.493 e. The number of rotatable bonds is 11. The first-order valence-corrected chi connectivity index (χ1v) is 13.3. The van der Waals surface area contributed by atoms with Gasteiger partial charge in [-0.05, 0) is 48.4 Å². The first-order chi connectivity index (χ1) is 19.5. The highest BCUT2D eigenvalue weighted by molar-refractivity contribution is 6.05. The molecule has 1 heterocycles. The number of nitrogen functional groups attached to an aromatic ring is 1. The third-order valence-electron chi connectivity index (χ3n) is 6.73. The van der Waals surface area contributed by atoms with Crippen LogP contribution >= 0.6 is 0 Å². The summed E-state index contributed by atoms with van der Waals surface area (Å²) in [5.74, 6) is 0.866. The number of nitrogens with one attached hydrogen (secondary N) is 2. The second-order valence-electron chi connectivity index (χ2n) is 9.47. The van der Waals surface area contributed by atoms with Gasteiger partial charge in [0.2, 0.25) is 0 Å². The summed E-state index contributed by atoms with van der Waals surface area (Å²) >= 11 is 0. The van der Waals surface area contributed by atoms with Crippen molar-refractivity contribution in [3.63, 3.8) is 0 Å². The van der Waals surface area contributed by atoms with E-state index >= 15 is 0 Å². The van der Waals surface area contributed by atoms with Crippen LogP contribution < -0.4 is 25.8 Å². The van der Waals surface area contributed by atoms with Gasteiger partial charge >= 0.3 is 6.03 Å². The number of nitrogens with two attached hydrogens (primary N) is 1. The minimum absolute atomic E-state index is 0.226. The molecule has 1 aliphatic rings. The predicted molar refractivity (Wildman–Crippen MR) is 156 cm³/mol. The molecule has 40 heavy (non-hydrogen) atoms. The molecule has 1 aliphatic heterocycles. The lowest BCUT2D eigenvalue weighted by Crippen LogP contribution is -2.40. The van der Waals surface area contributed by atoms with Crippen LogP contribution in [0.15, 0.2) is 66.7 Å². The second-order valence-corrected chi connectivity index (χ2v) is 9.47. The van der Waals surface area contributed by atoms with Gasteiger partial charge in [0.15, 0.2) is 11.5 Å². The number of methoxy groups -OCH3 is 2. The molecule has 3 amide bonds. The summed E-state index contributed by atoms with van der Waals surface area (Å²) in [6, 6.07) is 19.4. The zero-order chi connectivity index (χ0) is 28.3. The fourth-order valence-corrected chi connectivity index (χ4v) is 4.47. The molecule has 0 saturated carbocycles. The Hall–Kier alpha value is -4.28. The minimum atomic E-state index is -0.252. The number of morpholine rings is 1. The van der Waals surface area contributed by atoms with E-state index in [1.807, 2.05) is 24.3 Å². The molecule has 0 spiro atoms. The van der Waals surface area contributed by atoms with Gasteiger partial charge in [0.05, 0.1) is 38.8 Å². The van der Waals surface area contributed by atoms with Crippen LogP contribution in [-0.4, -0.2) is 75.4 Å². The summed E-state index contributed by atoms with van der Waals surface area (Å²) in [4.78, 5) is 30.2. The van der Waals surface area contributed by atoms with Gasteiger partial charge in [-0.2, -0.15) is 0 Å². The van der Waals surface area contributed by atoms with Gasteiger partial charge in [0.1, 0.15) is 0 Å². The average molecular weight is 548 g/mol. The molecule has 0 radical (unpaired) electrons. The fourth-order valence-electron chi connectivity index (χ4n) is 4.47. The molecule has 3 aromatic carbocycles. The lowest BCUT2D eigenvalue weighted by Gasteiger charge is -2.28. The van der Waals surface area contributed by atoms with E-state index in [1.165, 1.54) is 0 Å². The van der Waals surface area contributed by atoms with Crippen molar-refractivity contribution in [2.45, 2.75) is 13.0 Å². The van der Waals surface area contributed by atoms with E-state index in [-0.39, 0.29) is 11.9 Å². The van der Waals surface area contributed by atoms with Crippen LogP contribution in [0.1, 0.15) is 22.3 Å². The highest BCUT2D eigenvalue weighted by Crippen LogP contribution is 2.30. The molecular formula is C30H37N5O5. The third kappa shape index (κ3) is 7.87. The van der Waals surface area contributed by atoms with Crippen molar-refractivity contribution in [3.05, 3.63) is 77.9 Å². The van der Waals surface area contributed by atoms with Crippen molar-refractivity contribution < 1.29 is 23.8 Å². The number of urea groups is 1. The lowest BCUT2D eigenvalue weighted by molar-refractivity contribution is 0.0365. The first kappa shape index (κ1) is 28.7. The van der Waals surface area contributed by atoms with Crippen LogP contribution in [-0.2, 0) is 11.3 Å². The number of nitrogens with zero attached hydrogens (tertiary/aromatic N) is 2. The van der Waals surface area contributed by atoms with Crippen LogP contribution in [0.5, 0.6) is 11.5 Å². The van der Waals surface area contributed by atoms with E-state index < -0.39 is 0 Å². The lowest BCUT2D eigenvalue weighted by atomic mass is 10.1. The Labute approximate surface area is 235 Å². The van der Waals surface area contributed by atoms with Crippen LogP contribution in [0.2, 0.25) is 0 Å². The van der Waals surface area contributed by atoms with E-state index in [1.54, 1.807) is 61.6 Å². The fraction of sp³-hybridized carbons (Fsp3) is 0.333. The molecule has 0 unspecified atom stereocenters. The Bertz CT molecular complexity index is 1280. The molecule has 0 aliphatic carbocycles. The van der Waals surface area contributed by atoms with E-state index in [2.05, 4.69) is 15.5 Å². The first-order valence-electron chi connectivity index (χ1n) is 13.3. The highest BCUT2D eigenvalue weighted by atomic mass is 16.5. The molecule has 212 valence electrons. The molecule has 1 fully saturated rings. The molecular weight excluding hydrogens is 510 g/mol. The zero-order valence-corrected chi connectivity index (χ0v) is 23.0. The number of benzene rings is 3. The van der Waals surface area contributed by atoms with Crippen molar-refractivity contribution >= 4 is 29.0 Å². The van der Waals surface area contributed by atoms with E-state index in [0.717, 1.165) is 44.8 Å². The molecule has 10 heteroatoms. The number of para-hydroxylation sites is 2. The van der Waals surface area contributed by atoms with Crippen LogP contribution in [0.3, 0.4) is 0 Å². The molecule has 0 aromatic heterocycles. The average Bonchev–Trinajstić information content (AvgIpc) is 2.98. The van der Waals surface area contributed by atoms with Crippen molar-refractivity contribution in [3.8, 4) is 11.5 Å². The van der Waals surface area contributed by atoms with Crippen LogP contribution in [0.25, 0.3) is 0 Å². The Balaban J connectivity index is 1.43. The zero-order valence-electron chi connectivity index (χ0n) is 23.0. The molecule has 3 aromatic rings. The van der Waals surface area contributed by atoms with Crippen molar-refractivity contribution in [1.29, 1.82) is 0 Å². The normalized spacial score (nSPS) is 13.3. The smallest absolute Gasteiger partial charge is 0.322 e. The monoisotopic (exact) mass is 547 g/mol. The number of carbonyl (C=O) groups is 2. The molecule has 0 bridgehead atoms. The van der Waals surface area contributed by atoms with Gasteiger partial charge in [-0.1, -0.05) is 24.3 Å². The number of carbonyl (C=O) groups excluding carboxylic acids is 2. The number of ether oxygens (including phenoxy) is 3. The maximum absolute atomic E-state index is 13.4. The van der Waals surface area contributed by atoms with Gasteiger partial charge < -0.3 is 35.5 Å². The summed E-state index contributed by atoms with van der Waals surface area (Å²) < 4.78 is 16.1. The quantitative estimate of drug-likeness (QED) is 0.307. The number of anilines is 3. The Morgan fingerprint density at radius 2 is 1.68 bits per heavy atom. The maximum Gasteiger partial charge on any atom is 0.322 e. The summed E-state index contributed by atoms with van der Waals surface area (Å²) in [5.41, 5.74) is 9.02. The van der Waals surface area contributed by atoms with Crippen LogP contribution in [0, 0.1) is 0 Å². The van der Waals surface area contributed by atoms with E-state index in [9.17, 15) is 9.59 Å². The summed E-state index contributed by atoms with van der Waals surface area (Å²) in [5, 5.41) is 5.82. The second kappa shape index (κ2) is 14.2. The van der Waals surface area contributed by atoms with Gasteiger partial charge in [0, 0.05) is 50.0 Å². The van der Waals surface area contributed by atoms with Crippen molar-refractivity contribution in [2.24, 2.45) is 0 Å². The molecule has 1 saturated heterocycles. The summed E-state index contributed by atoms with van der Waals surface area (Å²) in [6.45, 7) is 5.10. The topological polar surface area (TPSA) is 118 Å². The van der Waals surface area contributed by atoms with E-state index in [4.69, 9.17) is 19.9 Å². The summed E-state index contributed by atoms with van der Waals surface area (Å²) in [6.07, 6.45) is 0.818. The Kier molecular flexibility index (Phi) is 10.2. The van der Waals surface area contributed by atoms with Crippen LogP contribution in [0.4, 0.5) is 21.9 Å². The SMILES string of the molecule is COc1ccc(NC(=O)N(CCCN2CCOCC2)Cc2ccc(C(=O)Nc3ccccc3N)cc2)cc1OC. The van der Waals surface area contributed by atoms with Gasteiger partial charge in [-0.25, -0.2) is 4.79 Å². The number of hydrogen-bond acceptors (Lipinski definition) is 7. The molecule has 0 atom stereocenters. The third-order valence-corrected chi connectivity index (χ3v) is 6.73. The van der Waals surface area contributed by atoms with Gasteiger partial charge in [-0.3, -0.25) is 9.69 Å². The van der Waals surface area contributed by atoms with Crippen molar-refractivity contribution in [1.82, 2.24) is 9.80 Å². The number of amides is 3. The molecule has 4 N–H and O–H groups in total. The number of hydrogen-bond donors (Lipinski definition) is 3.